The lowest BCUT2D eigenvalue weighted by Crippen LogP contribution is -2.51. The van der Waals surface area contributed by atoms with Crippen LogP contribution in [0.2, 0.25) is 0 Å². The summed E-state index contributed by atoms with van der Waals surface area (Å²) in [5.74, 6) is -0.964. The summed E-state index contributed by atoms with van der Waals surface area (Å²) in [6.07, 6.45) is 3.32. The van der Waals surface area contributed by atoms with Crippen LogP contribution in [-0.4, -0.2) is 51.7 Å². The SMILES string of the molecule is O=C(C[C@H]1CC[C@H](NC(=O)c2ccc(F)cc2)[C@H](CO)O1)NCc1ccncn1. The van der Waals surface area contributed by atoms with Gasteiger partial charge in [-0.2, -0.15) is 0 Å². The van der Waals surface area contributed by atoms with Gasteiger partial charge in [0, 0.05) is 11.8 Å². The van der Waals surface area contributed by atoms with Crippen LogP contribution < -0.4 is 10.6 Å². The number of aliphatic hydroxyl groups excluding tert-OH is 1. The van der Waals surface area contributed by atoms with Gasteiger partial charge in [-0.1, -0.05) is 0 Å². The highest BCUT2D eigenvalue weighted by Gasteiger charge is 2.33. The first-order valence-corrected chi connectivity index (χ1v) is 9.39. The fourth-order valence-electron chi connectivity index (χ4n) is 3.19. The Kier molecular flexibility index (Phi) is 7.20. The van der Waals surface area contributed by atoms with E-state index in [2.05, 4.69) is 20.6 Å². The first-order chi connectivity index (χ1) is 14.0. The summed E-state index contributed by atoms with van der Waals surface area (Å²) < 4.78 is 18.8. The van der Waals surface area contributed by atoms with Crippen LogP contribution in [0.3, 0.4) is 0 Å². The van der Waals surface area contributed by atoms with Gasteiger partial charge in [-0.25, -0.2) is 14.4 Å². The summed E-state index contributed by atoms with van der Waals surface area (Å²) in [6.45, 7) is 0.0152. The number of nitrogens with one attached hydrogen (secondary N) is 2. The Labute approximate surface area is 167 Å². The van der Waals surface area contributed by atoms with E-state index in [0.29, 0.717) is 30.6 Å². The molecule has 9 heteroatoms. The number of ether oxygens (including phenoxy) is 1. The van der Waals surface area contributed by atoms with Gasteiger partial charge in [0.25, 0.3) is 5.91 Å². The molecule has 1 aromatic carbocycles. The van der Waals surface area contributed by atoms with Crippen molar-refractivity contribution in [2.75, 3.05) is 6.61 Å². The number of rotatable bonds is 7. The van der Waals surface area contributed by atoms with Crippen LogP contribution in [0.15, 0.2) is 42.9 Å². The molecule has 3 rings (SSSR count). The van der Waals surface area contributed by atoms with Crippen LogP contribution in [-0.2, 0) is 16.1 Å². The van der Waals surface area contributed by atoms with E-state index < -0.39 is 18.0 Å². The molecule has 0 saturated carbocycles. The van der Waals surface area contributed by atoms with E-state index in [4.69, 9.17) is 4.74 Å². The largest absolute Gasteiger partial charge is 0.394 e. The lowest BCUT2D eigenvalue weighted by Gasteiger charge is -2.36. The Morgan fingerprint density at radius 1 is 1.21 bits per heavy atom. The van der Waals surface area contributed by atoms with Crippen molar-refractivity contribution in [1.29, 1.82) is 0 Å². The van der Waals surface area contributed by atoms with Gasteiger partial charge < -0.3 is 20.5 Å². The second-order valence-corrected chi connectivity index (χ2v) is 6.82. The maximum Gasteiger partial charge on any atom is 0.251 e. The Hall–Kier alpha value is -2.91. The molecule has 2 heterocycles. The lowest BCUT2D eigenvalue weighted by atomic mass is 9.96. The highest BCUT2D eigenvalue weighted by atomic mass is 19.1. The van der Waals surface area contributed by atoms with E-state index in [9.17, 15) is 19.1 Å². The monoisotopic (exact) mass is 402 g/mol. The summed E-state index contributed by atoms with van der Waals surface area (Å²) in [4.78, 5) is 32.3. The molecule has 0 aliphatic carbocycles. The predicted octanol–water partition coefficient (Wildman–Crippen LogP) is 0.960. The number of carbonyl (C=O) groups excluding carboxylic acids is 2. The molecule has 0 spiro atoms. The number of nitrogens with zero attached hydrogens (tertiary/aromatic N) is 2. The standard InChI is InChI=1S/C20H23FN4O4/c21-14-3-1-13(2-4-14)20(28)25-17-6-5-16(29-18(17)11-26)9-19(27)23-10-15-7-8-22-12-24-15/h1-4,7-8,12,16-18,26H,5-6,9-11H2,(H,23,27)(H,25,28)/t16-,17+,18+/m1/s1. The van der Waals surface area contributed by atoms with Crippen molar-refractivity contribution in [1.82, 2.24) is 20.6 Å². The second kappa shape index (κ2) is 10.0. The van der Waals surface area contributed by atoms with Gasteiger partial charge in [0.1, 0.15) is 18.2 Å². The summed E-state index contributed by atoms with van der Waals surface area (Å²) in [5.41, 5.74) is 1.03. The molecule has 0 unspecified atom stereocenters. The summed E-state index contributed by atoms with van der Waals surface area (Å²) in [7, 11) is 0. The molecular formula is C20H23FN4O4. The van der Waals surface area contributed by atoms with Gasteiger partial charge in [-0.3, -0.25) is 9.59 Å². The average molecular weight is 402 g/mol. The molecule has 1 aromatic heterocycles. The minimum Gasteiger partial charge on any atom is -0.394 e. The van der Waals surface area contributed by atoms with Crippen LogP contribution in [0, 0.1) is 5.82 Å². The first kappa shape index (κ1) is 20.8. The summed E-state index contributed by atoms with van der Waals surface area (Å²) >= 11 is 0. The summed E-state index contributed by atoms with van der Waals surface area (Å²) in [6, 6.07) is 6.55. The highest BCUT2D eigenvalue weighted by Crippen LogP contribution is 2.22. The quantitative estimate of drug-likeness (QED) is 0.636. The Morgan fingerprint density at radius 3 is 2.69 bits per heavy atom. The third kappa shape index (κ3) is 6.03. The number of benzene rings is 1. The maximum absolute atomic E-state index is 13.0. The van der Waals surface area contributed by atoms with Gasteiger partial charge in [0.05, 0.1) is 37.4 Å². The molecule has 1 aliphatic rings. The van der Waals surface area contributed by atoms with Crippen LogP contribution in [0.1, 0.15) is 35.3 Å². The van der Waals surface area contributed by atoms with Gasteiger partial charge >= 0.3 is 0 Å². The van der Waals surface area contributed by atoms with Crippen LogP contribution in [0.4, 0.5) is 4.39 Å². The molecule has 3 N–H and O–H groups in total. The van der Waals surface area contributed by atoms with Crippen LogP contribution in [0.5, 0.6) is 0 Å². The third-order valence-corrected chi connectivity index (χ3v) is 4.74. The summed E-state index contributed by atoms with van der Waals surface area (Å²) in [5, 5.41) is 15.2. The van der Waals surface area contributed by atoms with E-state index in [-0.39, 0.29) is 30.9 Å². The van der Waals surface area contributed by atoms with Gasteiger partial charge in [-0.15, -0.1) is 0 Å². The zero-order valence-corrected chi connectivity index (χ0v) is 15.8. The molecule has 3 atom stereocenters. The zero-order chi connectivity index (χ0) is 20.6. The number of aliphatic hydroxyl groups is 1. The number of carbonyl (C=O) groups is 2. The number of hydrogen-bond donors (Lipinski definition) is 3. The topological polar surface area (TPSA) is 113 Å². The van der Waals surface area contributed by atoms with Crippen molar-refractivity contribution in [3.63, 3.8) is 0 Å². The number of aromatic nitrogens is 2. The van der Waals surface area contributed by atoms with E-state index in [1.165, 1.54) is 30.6 Å². The first-order valence-electron chi connectivity index (χ1n) is 9.39. The molecule has 0 bridgehead atoms. The van der Waals surface area contributed by atoms with Crippen molar-refractivity contribution >= 4 is 11.8 Å². The van der Waals surface area contributed by atoms with Gasteiger partial charge in [-0.05, 0) is 43.2 Å². The van der Waals surface area contributed by atoms with Gasteiger partial charge in [0.15, 0.2) is 0 Å². The van der Waals surface area contributed by atoms with E-state index in [1.807, 2.05) is 0 Å². The number of hydrogen-bond acceptors (Lipinski definition) is 6. The molecule has 1 fully saturated rings. The smallest absolute Gasteiger partial charge is 0.251 e. The fraction of sp³-hybridized carbons (Fsp3) is 0.400. The molecule has 154 valence electrons. The van der Waals surface area contributed by atoms with Crippen molar-refractivity contribution in [2.45, 2.75) is 44.1 Å². The Balaban J connectivity index is 1.47. The van der Waals surface area contributed by atoms with Gasteiger partial charge in [0.2, 0.25) is 5.91 Å². The zero-order valence-electron chi connectivity index (χ0n) is 15.8. The van der Waals surface area contributed by atoms with Crippen molar-refractivity contribution in [2.24, 2.45) is 0 Å². The molecule has 2 amide bonds. The van der Waals surface area contributed by atoms with E-state index in [1.54, 1.807) is 12.3 Å². The molecule has 1 aliphatic heterocycles. The minimum absolute atomic E-state index is 0.153. The molecule has 2 aromatic rings. The van der Waals surface area contributed by atoms with Crippen LogP contribution >= 0.6 is 0 Å². The average Bonchev–Trinajstić information content (AvgIpc) is 2.74. The van der Waals surface area contributed by atoms with Crippen molar-refractivity contribution in [3.8, 4) is 0 Å². The Morgan fingerprint density at radius 2 is 2.00 bits per heavy atom. The molecule has 1 saturated heterocycles. The number of amides is 2. The van der Waals surface area contributed by atoms with E-state index >= 15 is 0 Å². The van der Waals surface area contributed by atoms with E-state index in [0.717, 1.165) is 0 Å². The minimum atomic E-state index is -0.618. The molecular weight excluding hydrogens is 379 g/mol. The Bertz CT molecular complexity index is 819. The number of halogens is 1. The highest BCUT2D eigenvalue weighted by molar-refractivity contribution is 5.94. The third-order valence-electron chi connectivity index (χ3n) is 4.74. The molecule has 8 nitrogen and oxygen atoms in total. The molecule has 29 heavy (non-hydrogen) atoms. The predicted molar refractivity (Wildman–Crippen MR) is 101 cm³/mol. The normalized spacial score (nSPS) is 21.4. The lowest BCUT2D eigenvalue weighted by molar-refractivity contribution is -0.131. The second-order valence-electron chi connectivity index (χ2n) is 6.82. The fourth-order valence-corrected chi connectivity index (χ4v) is 3.19. The van der Waals surface area contributed by atoms with Crippen molar-refractivity contribution < 1.29 is 23.8 Å². The maximum atomic E-state index is 13.0. The molecule has 0 radical (unpaired) electrons. The van der Waals surface area contributed by atoms with Crippen molar-refractivity contribution in [3.05, 3.63) is 59.9 Å². The van der Waals surface area contributed by atoms with Crippen LogP contribution in [0.25, 0.3) is 0 Å².